The van der Waals surface area contributed by atoms with Crippen LogP contribution in [-0.2, 0) is 0 Å². The number of carbonyl (C=O) groups is 1. The molecule has 0 saturated carbocycles. The summed E-state index contributed by atoms with van der Waals surface area (Å²) in [6, 6.07) is 8.98. The smallest absolute Gasteiger partial charge is 0.255 e. The highest BCUT2D eigenvalue weighted by molar-refractivity contribution is 5.97. The topological polar surface area (TPSA) is 88.6 Å². The third-order valence-electron chi connectivity index (χ3n) is 5.11. The standard InChI is InChI=1S/C25H25F2N5O3/c1-32(2)10-9-28-24(33)18-7-6-17-14-21(18)34-11-3-4-12-35-22-13-16(5-8-19(22)26)23-20(27)15-29-25(30-17)31-23/h3-8,13-15H,9-12H2,1-2H3,(H,28,33)(H,29,30,31)/b4-3-. The van der Waals surface area contributed by atoms with Crippen LogP contribution in [0.15, 0.2) is 54.7 Å². The van der Waals surface area contributed by atoms with E-state index in [4.69, 9.17) is 9.47 Å². The number of fused-ring (bicyclic) bond motifs is 7. The van der Waals surface area contributed by atoms with E-state index in [0.29, 0.717) is 35.7 Å². The molecular weight excluding hydrogens is 456 g/mol. The molecule has 0 radical (unpaired) electrons. The highest BCUT2D eigenvalue weighted by Crippen LogP contribution is 2.29. The summed E-state index contributed by atoms with van der Waals surface area (Å²) in [4.78, 5) is 23.0. The van der Waals surface area contributed by atoms with Crippen molar-refractivity contribution in [3.8, 4) is 22.8 Å². The highest BCUT2D eigenvalue weighted by atomic mass is 19.1. The second kappa shape index (κ2) is 10.9. The Morgan fingerprint density at radius 3 is 2.60 bits per heavy atom. The first-order valence-electron chi connectivity index (χ1n) is 11.0. The third-order valence-corrected chi connectivity index (χ3v) is 5.11. The number of aromatic nitrogens is 2. The number of nitrogens with zero attached hydrogens (tertiary/aromatic N) is 3. The van der Waals surface area contributed by atoms with Crippen LogP contribution in [-0.4, -0.2) is 61.2 Å². The summed E-state index contributed by atoms with van der Waals surface area (Å²) in [7, 11) is 3.84. The predicted octanol–water partition coefficient (Wildman–Crippen LogP) is 3.78. The van der Waals surface area contributed by atoms with Gasteiger partial charge in [0.05, 0.1) is 11.8 Å². The molecule has 1 amide bonds. The number of likely N-dealkylation sites (N-methyl/N-ethyl adjacent to an activating group) is 1. The quantitative estimate of drug-likeness (QED) is 0.549. The Hall–Kier alpha value is -4.05. The number of ether oxygens (including phenoxy) is 2. The van der Waals surface area contributed by atoms with Crippen LogP contribution in [0.25, 0.3) is 11.3 Å². The minimum absolute atomic E-state index is 0.0108. The molecule has 1 aliphatic rings. The van der Waals surface area contributed by atoms with Crippen LogP contribution >= 0.6 is 0 Å². The highest BCUT2D eigenvalue weighted by Gasteiger charge is 2.16. The lowest BCUT2D eigenvalue weighted by Gasteiger charge is -2.15. The molecule has 4 rings (SSSR count). The van der Waals surface area contributed by atoms with Crippen LogP contribution in [0.4, 0.5) is 20.4 Å². The van der Waals surface area contributed by atoms with Crippen LogP contribution in [0.1, 0.15) is 10.4 Å². The van der Waals surface area contributed by atoms with Crippen molar-refractivity contribution in [1.29, 1.82) is 0 Å². The van der Waals surface area contributed by atoms with Crippen LogP contribution < -0.4 is 20.1 Å². The van der Waals surface area contributed by atoms with Crippen LogP contribution in [0.3, 0.4) is 0 Å². The number of amides is 1. The maximum atomic E-state index is 14.5. The van der Waals surface area contributed by atoms with E-state index in [1.54, 1.807) is 30.4 Å². The lowest BCUT2D eigenvalue weighted by molar-refractivity contribution is 0.0947. The molecule has 1 aliphatic heterocycles. The fourth-order valence-electron chi connectivity index (χ4n) is 3.33. The summed E-state index contributed by atoms with van der Waals surface area (Å²) >= 11 is 0. The molecule has 6 bridgehead atoms. The lowest BCUT2D eigenvalue weighted by Crippen LogP contribution is -2.31. The Morgan fingerprint density at radius 1 is 1.06 bits per heavy atom. The number of rotatable bonds is 4. The van der Waals surface area contributed by atoms with Crippen LogP contribution in [0, 0.1) is 11.6 Å². The fourth-order valence-corrected chi connectivity index (χ4v) is 3.33. The molecular formula is C25H25F2N5O3. The molecule has 0 atom stereocenters. The minimum Gasteiger partial charge on any atom is -0.489 e. The van der Waals surface area contributed by atoms with Crippen LogP contribution in [0.2, 0.25) is 0 Å². The Balaban J connectivity index is 1.68. The van der Waals surface area contributed by atoms with E-state index < -0.39 is 11.6 Å². The van der Waals surface area contributed by atoms with E-state index in [-0.39, 0.29) is 36.5 Å². The molecule has 10 heteroatoms. The average molecular weight is 482 g/mol. The van der Waals surface area contributed by atoms with Gasteiger partial charge in [0.2, 0.25) is 5.95 Å². The summed E-state index contributed by atoms with van der Waals surface area (Å²) in [6.07, 6.45) is 4.40. The van der Waals surface area contributed by atoms with Crippen molar-refractivity contribution in [2.45, 2.75) is 0 Å². The Kier molecular flexibility index (Phi) is 7.51. The number of benzene rings is 2. The minimum atomic E-state index is -0.664. The first-order valence-corrected chi connectivity index (χ1v) is 11.0. The molecule has 0 unspecified atom stereocenters. The number of hydrogen-bond donors (Lipinski definition) is 2. The van der Waals surface area contributed by atoms with Gasteiger partial charge in [0.15, 0.2) is 17.4 Å². The van der Waals surface area contributed by atoms with Crippen molar-refractivity contribution in [3.63, 3.8) is 0 Å². The van der Waals surface area contributed by atoms with Crippen molar-refractivity contribution in [3.05, 3.63) is 71.9 Å². The maximum absolute atomic E-state index is 14.5. The van der Waals surface area contributed by atoms with Gasteiger partial charge in [-0.1, -0.05) is 0 Å². The van der Waals surface area contributed by atoms with Crippen molar-refractivity contribution in [2.75, 3.05) is 45.7 Å². The third kappa shape index (κ3) is 6.10. The molecule has 35 heavy (non-hydrogen) atoms. The summed E-state index contributed by atoms with van der Waals surface area (Å²) in [6.45, 7) is 1.40. The molecule has 1 aromatic heterocycles. The van der Waals surface area contributed by atoms with Crippen LogP contribution in [0.5, 0.6) is 11.5 Å². The van der Waals surface area contributed by atoms with Gasteiger partial charge in [0.1, 0.15) is 24.7 Å². The van der Waals surface area contributed by atoms with E-state index in [0.717, 1.165) is 6.20 Å². The largest absolute Gasteiger partial charge is 0.489 e. The van der Waals surface area contributed by atoms with Gasteiger partial charge in [-0.2, -0.15) is 0 Å². The van der Waals surface area contributed by atoms with Crippen molar-refractivity contribution < 1.29 is 23.0 Å². The predicted molar refractivity (Wildman–Crippen MR) is 128 cm³/mol. The molecule has 182 valence electrons. The molecule has 0 fully saturated rings. The number of hydrogen-bond acceptors (Lipinski definition) is 7. The van der Waals surface area contributed by atoms with Gasteiger partial charge in [0, 0.05) is 30.4 Å². The Bertz CT molecular complexity index is 1250. The van der Waals surface area contributed by atoms with Crippen molar-refractivity contribution in [1.82, 2.24) is 20.2 Å². The summed E-state index contributed by atoms with van der Waals surface area (Å²) in [5.41, 5.74) is 1.23. The van der Waals surface area contributed by atoms with E-state index >= 15 is 0 Å². The summed E-state index contributed by atoms with van der Waals surface area (Å²) in [5.74, 6) is -1.09. The Morgan fingerprint density at radius 2 is 1.83 bits per heavy atom. The zero-order valence-corrected chi connectivity index (χ0v) is 19.3. The number of nitrogens with one attached hydrogen (secondary N) is 2. The van der Waals surface area contributed by atoms with Gasteiger partial charge in [-0.05, 0) is 56.6 Å². The van der Waals surface area contributed by atoms with E-state index in [2.05, 4.69) is 20.6 Å². The molecule has 8 nitrogen and oxygen atoms in total. The second-order valence-corrected chi connectivity index (χ2v) is 8.02. The van der Waals surface area contributed by atoms with Crippen molar-refractivity contribution >= 4 is 17.5 Å². The number of carbonyl (C=O) groups excluding carboxylic acids is 1. The molecule has 0 saturated heterocycles. The molecule has 2 aromatic carbocycles. The first kappa shape index (κ1) is 24.1. The Labute approximate surface area is 201 Å². The van der Waals surface area contributed by atoms with Gasteiger partial charge >= 0.3 is 0 Å². The maximum Gasteiger partial charge on any atom is 0.255 e. The zero-order valence-electron chi connectivity index (χ0n) is 19.3. The van der Waals surface area contributed by atoms with Gasteiger partial charge in [-0.15, -0.1) is 0 Å². The lowest BCUT2D eigenvalue weighted by atomic mass is 10.1. The normalized spacial score (nSPS) is 13.9. The monoisotopic (exact) mass is 481 g/mol. The van der Waals surface area contributed by atoms with Gasteiger partial charge < -0.3 is 25.0 Å². The van der Waals surface area contributed by atoms with Gasteiger partial charge in [-0.3, -0.25) is 4.79 Å². The first-order chi connectivity index (χ1) is 16.9. The average Bonchev–Trinajstić information content (AvgIpc) is 2.83. The molecule has 0 spiro atoms. The number of halogens is 2. The zero-order chi connectivity index (χ0) is 24.8. The van der Waals surface area contributed by atoms with Gasteiger partial charge in [0.25, 0.3) is 5.91 Å². The SMILES string of the molecule is CN(C)CCNC(=O)c1ccc2cc1OC/C=C\COc1cc(ccc1F)-c1nc(ncc1F)N2. The molecule has 3 aromatic rings. The molecule has 2 N–H and O–H groups in total. The van der Waals surface area contributed by atoms with E-state index in [9.17, 15) is 13.6 Å². The fraction of sp³-hybridized carbons (Fsp3) is 0.240. The van der Waals surface area contributed by atoms with Gasteiger partial charge in [-0.25, -0.2) is 18.7 Å². The van der Waals surface area contributed by atoms with E-state index in [1.807, 2.05) is 19.0 Å². The summed E-state index contributed by atoms with van der Waals surface area (Å²) in [5, 5.41) is 5.87. The summed E-state index contributed by atoms with van der Waals surface area (Å²) < 4.78 is 40.1. The second-order valence-electron chi connectivity index (χ2n) is 8.02. The number of anilines is 2. The molecule has 2 heterocycles. The van der Waals surface area contributed by atoms with E-state index in [1.165, 1.54) is 18.2 Å². The van der Waals surface area contributed by atoms with Crippen molar-refractivity contribution in [2.24, 2.45) is 0 Å². The molecule has 0 aliphatic carbocycles.